The molecule has 2 aliphatic heterocycles. The lowest BCUT2D eigenvalue weighted by atomic mass is 10.0. The van der Waals surface area contributed by atoms with Gasteiger partial charge in [0.1, 0.15) is 11.3 Å². The van der Waals surface area contributed by atoms with Gasteiger partial charge in [-0.3, -0.25) is 4.79 Å². The third kappa shape index (κ3) is 4.64. The summed E-state index contributed by atoms with van der Waals surface area (Å²) in [5, 5.41) is 1.14. The van der Waals surface area contributed by atoms with Crippen molar-refractivity contribution in [2.75, 3.05) is 47.1 Å². The molecule has 0 aliphatic carbocycles. The SMILES string of the molecule is COc1ccc2c(CCN(C)CCCN3CCc4cc5c(cc4CC3=O)OCO5)coc2c1. The molecule has 1 aromatic heterocycles. The van der Waals surface area contributed by atoms with Gasteiger partial charge in [0, 0.05) is 31.1 Å². The molecule has 3 heterocycles. The molecule has 7 heteroatoms. The van der Waals surface area contributed by atoms with Gasteiger partial charge in [-0.2, -0.15) is 0 Å². The molecule has 0 atom stereocenters. The fourth-order valence-electron chi connectivity index (χ4n) is 4.65. The molecular formula is C26H30N2O5. The average Bonchev–Trinajstić information content (AvgIpc) is 3.41. The maximum absolute atomic E-state index is 12.8. The lowest BCUT2D eigenvalue weighted by Crippen LogP contribution is -2.35. The van der Waals surface area contributed by atoms with Gasteiger partial charge in [0.25, 0.3) is 0 Å². The summed E-state index contributed by atoms with van der Waals surface area (Å²) in [5.41, 5.74) is 4.32. The number of hydrogen-bond acceptors (Lipinski definition) is 6. The van der Waals surface area contributed by atoms with E-state index in [1.807, 2.05) is 35.4 Å². The zero-order valence-corrected chi connectivity index (χ0v) is 19.3. The van der Waals surface area contributed by atoms with Crippen LogP contribution in [-0.4, -0.2) is 62.8 Å². The van der Waals surface area contributed by atoms with Crippen molar-refractivity contribution in [1.82, 2.24) is 9.80 Å². The monoisotopic (exact) mass is 450 g/mol. The molecule has 7 nitrogen and oxygen atoms in total. The number of carbonyl (C=O) groups is 1. The highest BCUT2D eigenvalue weighted by Gasteiger charge is 2.24. The van der Waals surface area contributed by atoms with E-state index in [1.54, 1.807) is 7.11 Å². The fourth-order valence-corrected chi connectivity index (χ4v) is 4.65. The lowest BCUT2D eigenvalue weighted by molar-refractivity contribution is -0.130. The van der Waals surface area contributed by atoms with Crippen molar-refractivity contribution < 1.29 is 23.4 Å². The number of amides is 1. The Morgan fingerprint density at radius 2 is 1.91 bits per heavy atom. The molecule has 0 radical (unpaired) electrons. The summed E-state index contributed by atoms with van der Waals surface area (Å²) in [6.45, 7) is 3.66. The van der Waals surface area contributed by atoms with E-state index in [0.29, 0.717) is 6.42 Å². The van der Waals surface area contributed by atoms with E-state index in [1.165, 1.54) is 11.1 Å². The highest BCUT2D eigenvalue weighted by atomic mass is 16.7. The van der Waals surface area contributed by atoms with Gasteiger partial charge in [-0.25, -0.2) is 0 Å². The standard InChI is InChI=1S/C26H30N2O5/c1-27(10-6-19-16-31-23-15-21(30-2)4-5-22(19)23)8-3-9-28-11-7-18-12-24-25(33-17-32-24)13-20(18)14-26(28)29/h4-5,12-13,15-16H,3,6-11,14,17H2,1-2H3. The number of hydrogen-bond donors (Lipinski definition) is 0. The third-order valence-corrected chi connectivity index (χ3v) is 6.63. The van der Waals surface area contributed by atoms with Crippen LogP contribution in [-0.2, 0) is 24.1 Å². The molecule has 3 aromatic rings. The molecule has 0 bridgehead atoms. The first-order valence-electron chi connectivity index (χ1n) is 11.5. The van der Waals surface area contributed by atoms with Gasteiger partial charge >= 0.3 is 0 Å². The predicted molar refractivity (Wildman–Crippen MR) is 125 cm³/mol. The van der Waals surface area contributed by atoms with Crippen LogP contribution in [0.2, 0.25) is 0 Å². The maximum Gasteiger partial charge on any atom is 0.231 e. The maximum atomic E-state index is 12.8. The van der Waals surface area contributed by atoms with Gasteiger partial charge in [-0.05, 0) is 73.8 Å². The number of rotatable bonds is 8. The van der Waals surface area contributed by atoms with Gasteiger partial charge in [0.05, 0.1) is 19.8 Å². The molecule has 0 N–H and O–H groups in total. The highest BCUT2D eigenvalue weighted by molar-refractivity contribution is 5.82. The predicted octanol–water partition coefficient (Wildman–Crippen LogP) is 3.66. The Hall–Kier alpha value is -3.19. The number of nitrogens with zero attached hydrogens (tertiary/aromatic N) is 2. The van der Waals surface area contributed by atoms with Crippen molar-refractivity contribution in [3.63, 3.8) is 0 Å². The zero-order chi connectivity index (χ0) is 22.8. The highest BCUT2D eigenvalue weighted by Crippen LogP contribution is 2.36. The van der Waals surface area contributed by atoms with Crippen molar-refractivity contribution >= 4 is 16.9 Å². The summed E-state index contributed by atoms with van der Waals surface area (Å²) < 4.78 is 21.9. The van der Waals surface area contributed by atoms with E-state index in [0.717, 1.165) is 79.2 Å². The third-order valence-electron chi connectivity index (χ3n) is 6.63. The number of methoxy groups -OCH3 is 1. The Morgan fingerprint density at radius 1 is 1.09 bits per heavy atom. The van der Waals surface area contributed by atoms with Crippen molar-refractivity contribution in [2.45, 2.75) is 25.7 Å². The first-order valence-corrected chi connectivity index (χ1v) is 11.5. The molecule has 2 aliphatic rings. The molecule has 0 fully saturated rings. The van der Waals surface area contributed by atoms with Crippen LogP contribution in [0.4, 0.5) is 0 Å². The summed E-state index contributed by atoms with van der Waals surface area (Å²) in [6, 6.07) is 9.96. The molecule has 0 unspecified atom stereocenters. The summed E-state index contributed by atoms with van der Waals surface area (Å²) in [4.78, 5) is 17.1. The molecule has 2 aromatic carbocycles. The van der Waals surface area contributed by atoms with E-state index in [9.17, 15) is 4.79 Å². The number of benzene rings is 2. The summed E-state index contributed by atoms with van der Waals surface area (Å²) in [5.74, 6) is 2.54. The summed E-state index contributed by atoms with van der Waals surface area (Å²) in [6.07, 6.45) is 5.00. The van der Waals surface area contributed by atoms with E-state index in [2.05, 4.69) is 18.0 Å². The smallest absolute Gasteiger partial charge is 0.231 e. The Kier molecular flexibility index (Phi) is 6.13. The van der Waals surface area contributed by atoms with E-state index in [-0.39, 0.29) is 12.7 Å². The van der Waals surface area contributed by atoms with Crippen molar-refractivity contribution in [3.05, 3.63) is 53.3 Å². The van der Waals surface area contributed by atoms with Crippen LogP contribution in [0.1, 0.15) is 23.1 Å². The normalized spacial score (nSPS) is 15.2. The van der Waals surface area contributed by atoms with Crippen LogP contribution >= 0.6 is 0 Å². The van der Waals surface area contributed by atoms with E-state index < -0.39 is 0 Å². The fraction of sp³-hybridized carbons (Fsp3) is 0.423. The Bertz CT molecular complexity index is 1160. The van der Waals surface area contributed by atoms with Crippen molar-refractivity contribution in [1.29, 1.82) is 0 Å². The minimum absolute atomic E-state index is 0.190. The number of carbonyl (C=O) groups excluding carboxylic acids is 1. The van der Waals surface area contributed by atoms with E-state index in [4.69, 9.17) is 18.6 Å². The van der Waals surface area contributed by atoms with Crippen molar-refractivity contribution in [2.24, 2.45) is 0 Å². The molecule has 0 saturated carbocycles. The van der Waals surface area contributed by atoms with Crippen LogP contribution in [0.3, 0.4) is 0 Å². The summed E-state index contributed by atoms with van der Waals surface area (Å²) in [7, 11) is 3.79. The molecule has 33 heavy (non-hydrogen) atoms. The zero-order valence-electron chi connectivity index (χ0n) is 19.3. The second kappa shape index (κ2) is 9.35. The van der Waals surface area contributed by atoms with Crippen LogP contribution in [0.25, 0.3) is 11.0 Å². The van der Waals surface area contributed by atoms with Gasteiger partial charge in [-0.1, -0.05) is 0 Å². The van der Waals surface area contributed by atoms with Gasteiger partial charge < -0.3 is 28.4 Å². The van der Waals surface area contributed by atoms with Gasteiger partial charge in [-0.15, -0.1) is 0 Å². The van der Waals surface area contributed by atoms with Crippen molar-refractivity contribution in [3.8, 4) is 17.2 Å². The lowest BCUT2D eigenvalue weighted by Gasteiger charge is -2.22. The second-order valence-electron chi connectivity index (χ2n) is 8.81. The Morgan fingerprint density at radius 3 is 2.73 bits per heavy atom. The quantitative estimate of drug-likeness (QED) is 0.522. The van der Waals surface area contributed by atoms with Crippen LogP contribution < -0.4 is 14.2 Å². The topological polar surface area (TPSA) is 64.4 Å². The van der Waals surface area contributed by atoms with Crippen LogP contribution in [0.5, 0.6) is 17.2 Å². The van der Waals surface area contributed by atoms with Crippen LogP contribution in [0, 0.1) is 0 Å². The molecule has 5 rings (SSSR count). The Balaban J connectivity index is 1.10. The first kappa shape index (κ1) is 21.6. The molecule has 0 saturated heterocycles. The molecule has 174 valence electrons. The molecular weight excluding hydrogens is 420 g/mol. The van der Waals surface area contributed by atoms with Crippen LogP contribution in [0.15, 0.2) is 41.0 Å². The Labute approximate surface area is 193 Å². The minimum atomic E-state index is 0.190. The van der Waals surface area contributed by atoms with E-state index >= 15 is 0 Å². The number of furan rings is 1. The molecule has 0 spiro atoms. The van der Waals surface area contributed by atoms with Gasteiger partial charge in [0.2, 0.25) is 12.7 Å². The molecule has 1 amide bonds. The minimum Gasteiger partial charge on any atom is -0.497 e. The summed E-state index contributed by atoms with van der Waals surface area (Å²) >= 11 is 0. The second-order valence-corrected chi connectivity index (χ2v) is 8.81. The average molecular weight is 451 g/mol. The number of ether oxygens (including phenoxy) is 3. The largest absolute Gasteiger partial charge is 0.497 e. The number of fused-ring (bicyclic) bond motifs is 3. The number of likely N-dealkylation sites (N-methyl/N-ethyl adjacent to an activating group) is 1. The van der Waals surface area contributed by atoms with Gasteiger partial charge in [0.15, 0.2) is 11.5 Å². The first-order chi connectivity index (χ1) is 16.1.